The highest BCUT2D eigenvalue weighted by Crippen LogP contribution is 2.24. The molecule has 32 heavy (non-hydrogen) atoms. The van der Waals surface area contributed by atoms with E-state index in [1.807, 2.05) is 52.0 Å². The number of rotatable bonds is 7. The van der Waals surface area contributed by atoms with Crippen LogP contribution in [0.4, 0.5) is 11.9 Å². The van der Waals surface area contributed by atoms with Crippen molar-refractivity contribution in [2.75, 3.05) is 11.9 Å². The third-order valence-corrected chi connectivity index (χ3v) is 5.39. The van der Waals surface area contributed by atoms with Gasteiger partial charge in [0.2, 0.25) is 11.9 Å². The number of aromatic nitrogens is 6. The van der Waals surface area contributed by atoms with Crippen molar-refractivity contribution in [3.05, 3.63) is 63.5 Å². The predicted molar refractivity (Wildman–Crippen MR) is 125 cm³/mol. The smallest absolute Gasteiger partial charge is 0.252 e. The highest BCUT2D eigenvalue weighted by molar-refractivity contribution is 7.98. The van der Waals surface area contributed by atoms with E-state index in [4.69, 9.17) is 4.74 Å². The number of hydrogen-bond acceptors (Lipinski definition) is 9. The lowest BCUT2D eigenvalue weighted by Gasteiger charge is -2.10. The summed E-state index contributed by atoms with van der Waals surface area (Å²) in [6.45, 7) is 8.28. The van der Waals surface area contributed by atoms with Crippen molar-refractivity contribution in [1.29, 1.82) is 0 Å². The van der Waals surface area contributed by atoms with E-state index in [2.05, 4.69) is 35.2 Å². The van der Waals surface area contributed by atoms with E-state index in [9.17, 15) is 4.79 Å². The first-order valence-corrected chi connectivity index (χ1v) is 11.1. The summed E-state index contributed by atoms with van der Waals surface area (Å²) in [6.07, 6.45) is 0. The maximum atomic E-state index is 12.2. The number of hydrogen-bond donors (Lipinski definition) is 2. The molecule has 4 rings (SSSR count). The number of nitrogens with one attached hydrogen (secondary N) is 2. The van der Waals surface area contributed by atoms with Crippen LogP contribution in [0.1, 0.15) is 29.7 Å². The van der Waals surface area contributed by atoms with Gasteiger partial charge in [-0.1, -0.05) is 11.8 Å². The Kier molecular flexibility index (Phi) is 6.31. The van der Waals surface area contributed by atoms with E-state index in [0.29, 0.717) is 29.2 Å². The first kappa shape index (κ1) is 21.7. The van der Waals surface area contributed by atoms with Gasteiger partial charge in [0.05, 0.1) is 23.5 Å². The molecular weight excluding hydrogens is 426 g/mol. The van der Waals surface area contributed by atoms with Gasteiger partial charge in [-0.15, -0.1) is 0 Å². The number of thioether (sulfide) groups is 1. The lowest BCUT2D eigenvalue weighted by atomic mass is 10.2. The molecule has 1 aromatic carbocycles. The number of benzene rings is 1. The molecule has 0 amide bonds. The molecule has 0 radical (unpaired) electrons. The van der Waals surface area contributed by atoms with Crippen molar-refractivity contribution in [2.45, 2.75) is 38.6 Å². The predicted octanol–water partition coefficient (Wildman–Crippen LogP) is 3.86. The van der Waals surface area contributed by atoms with Gasteiger partial charge in [-0.2, -0.15) is 0 Å². The van der Waals surface area contributed by atoms with Crippen LogP contribution in [0.2, 0.25) is 0 Å². The van der Waals surface area contributed by atoms with Gasteiger partial charge in [0.25, 0.3) is 5.56 Å². The molecule has 164 valence electrons. The topological polar surface area (TPSA) is 119 Å². The number of ether oxygens (including phenoxy) is 1. The van der Waals surface area contributed by atoms with Gasteiger partial charge in [-0.25, -0.2) is 24.9 Å². The fourth-order valence-electron chi connectivity index (χ4n) is 3.22. The molecule has 0 aliphatic carbocycles. The van der Waals surface area contributed by atoms with Crippen molar-refractivity contribution in [2.24, 2.45) is 0 Å². The second-order valence-electron chi connectivity index (χ2n) is 7.18. The summed E-state index contributed by atoms with van der Waals surface area (Å²) in [5, 5.41) is 4.57. The highest BCUT2D eigenvalue weighted by atomic mass is 32.2. The van der Waals surface area contributed by atoms with E-state index >= 15 is 0 Å². The van der Waals surface area contributed by atoms with Crippen LogP contribution in [0, 0.1) is 20.8 Å². The van der Waals surface area contributed by atoms with Gasteiger partial charge < -0.3 is 4.74 Å². The Morgan fingerprint density at radius 1 is 1.00 bits per heavy atom. The minimum atomic E-state index is -0.265. The standard InChI is InChI=1S/C22H23N7O2S/c1-5-31-16-6-7-18-17(10-16)14(4)25-20(27-18)29-21-26-15(9-19(30)28-21)11-32-22-23-12(2)8-13(3)24-22/h6-10H,5,11H2,1-4H3,(H2,25,26,27,28,29,30). The zero-order valence-electron chi connectivity index (χ0n) is 18.3. The Hall–Kier alpha value is -3.53. The molecule has 0 spiro atoms. The average Bonchev–Trinajstić information content (AvgIpc) is 2.72. The summed E-state index contributed by atoms with van der Waals surface area (Å²) in [5.74, 6) is 1.86. The second kappa shape index (κ2) is 9.31. The highest BCUT2D eigenvalue weighted by Gasteiger charge is 2.10. The summed E-state index contributed by atoms with van der Waals surface area (Å²) in [7, 11) is 0. The number of nitrogens with zero attached hydrogens (tertiary/aromatic N) is 5. The Balaban J connectivity index is 1.55. The quantitative estimate of drug-likeness (QED) is 0.320. The molecule has 3 heterocycles. The summed E-state index contributed by atoms with van der Waals surface area (Å²) in [6, 6.07) is 9.05. The minimum Gasteiger partial charge on any atom is -0.494 e. The van der Waals surface area contributed by atoms with Crippen LogP contribution >= 0.6 is 11.8 Å². The number of aryl methyl sites for hydroxylation is 3. The number of anilines is 2. The van der Waals surface area contributed by atoms with E-state index < -0.39 is 0 Å². The molecule has 10 heteroatoms. The van der Waals surface area contributed by atoms with Gasteiger partial charge in [0, 0.05) is 28.6 Å². The Morgan fingerprint density at radius 2 is 1.78 bits per heavy atom. The van der Waals surface area contributed by atoms with Crippen molar-refractivity contribution in [3.8, 4) is 5.75 Å². The molecule has 0 bridgehead atoms. The zero-order valence-corrected chi connectivity index (χ0v) is 19.1. The minimum absolute atomic E-state index is 0.265. The van der Waals surface area contributed by atoms with E-state index in [0.717, 1.165) is 33.7 Å². The molecule has 0 aliphatic heterocycles. The van der Waals surface area contributed by atoms with Crippen LogP contribution in [0.25, 0.3) is 10.9 Å². The van der Waals surface area contributed by atoms with E-state index in [1.165, 1.54) is 17.8 Å². The van der Waals surface area contributed by atoms with Crippen molar-refractivity contribution >= 4 is 34.6 Å². The molecular formula is C22H23N7O2S. The molecule has 9 nitrogen and oxygen atoms in total. The Morgan fingerprint density at radius 3 is 2.53 bits per heavy atom. The first-order valence-electron chi connectivity index (χ1n) is 10.1. The summed E-state index contributed by atoms with van der Waals surface area (Å²) in [5.41, 5.74) is 3.70. The maximum absolute atomic E-state index is 12.2. The van der Waals surface area contributed by atoms with Gasteiger partial charge >= 0.3 is 0 Å². The van der Waals surface area contributed by atoms with Crippen LogP contribution < -0.4 is 15.6 Å². The zero-order chi connectivity index (χ0) is 22.7. The maximum Gasteiger partial charge on any atom is 0.252 e. The van der Waals surface area contributed by atoms with Crippen molar-refractivity contribution < 1.29 is 4.74 Å². The summed E-state index contributed by atoms with van der Waals surface area (Å²) in [4.78, 5) is 37.2. The summed E-state index contributed by atoms with van der Waals surface area (Å²) >= 11 is 1.43. The fourth-order valence-corrected chi connectivity index (χ4v) is 4.06. The van der Waals surface area contributed by atoms with Gasteiger partial charge in [0.1, 0.15) is 5.75 Å². The van der Waals surface area contributed by atoms with Crippen LogP contribution in [0.5, 0.6) is 5.75 Å². The van der Waals surface area contributed by atoms with Crippen LogP contribution in [0.3, 0.4) is 0 Å². The van der Waals surface area contributed by atoms with E-state index in [1.54, 1.807) is 0 Å². The lowest BCUT2D eigenvalue weighted by molar-refractivity contribution is 0.340. The van der Waals surface area contributed by atoms with Gasteiger partial charge in [0.15, 0.2) is 5.16 Å². The summed E-state index contributed by atoms with van der Waals surface area (Å²) < 4.78 is 5.56. The third kappa shape index (κ3) is 5.20. The molecule has 0 saturated carbocycles. The SMILES string of the molecule is CCOc1ccc2nc(Nc3nc(CSc4nc(C)cc(C)n4)cc(=O)[nH]3)nc(C)c2c1. The largest absolute Gasteiger partial charge is 0.494 e. The molecule has 0 fully saturated rings. The molecule has 2 N–H and O–H groups in total. The number of H-pyrrole nitrogens is 1. The fraction of sp³-hybridized carbons (Fsp3) is 0.273. The van der Waals surface area contributed by atoms with Crippen molar-refractivity contribution in [1.82, 2.24) is 29.9 Å². The molecule has 0 unspecified atom stereocenters. The monoisotopic (exact) mass is 449 g/mol. The molecule has 3 aromatic heterocycles. The second-order valence-corrected chi connectivity index (χ2v) is 8.12. The van der Waals surface area contributed by atoms with E-state index in [-0.39, 0.29) is 11.5 Å². The first-order chi connectivity index (χ1) is 15.4. The molecule has 0 aliphatic rings. The van der Waals surface area contributed by atoms with Crippen LogP contribution in [0.15, 0.2) is 40.3 Å². The third-order valence-electron chi connectivity index (χ3n) is 4.50. The lowest BCUT2D eigenvalue weighted by Crippen LogP contribution is -2.13. The molecule has 4 aromatic rings. The Bertz CT molecular complexity index is 1320. The van der Waals surface area contributed by atoms with Gasteiger partial charge in [-0.05, 0) is 52.0 Å². The Labute approximate surface area is 189 Å². The van der Waals surface area contributed by atoms with Crippen molar-refractivity contribution in [3.63, 3.8) is 0 Å². The normalized spacial score (nSPS) is 11.0. The molecule has 0 saturated heterocycles. The van der Waals surface area contributed by atoms with Crippen LogP contribution in [-0.2, 0) is 5.75 Å². The average molecular weight is 450 g/mol. The van der Waals surface area contributed by atoms with Crippen LogP contribution in [-0.4, -0.2) is 36.5 Å². The number of aromatic amines is 1. The number of fused-ring (bicyclic) bond motifs is 1. The molecule has 0 atom stereocenters. The van der Waals surface area contributed by atoms with Gasteiger partial charge in [-0.3, -0.25) is 15.1 Å².